The fraction of sp³-hybridized carbons (Fsp3) is 0.308. The number of anilines is 4. The fourth-order valence-electron chi connectivity index (χ4n) is 3.94. The highest BCUT2D eigenvalue weighted by Gasteiger charge is 2.35. The largest absolute Gasteiger partial charge is 0.445 e. The number of para-hydroxylation sites is 1. The number of hydrogen-bond acceptors (Lipinski definition) is 8. The summed E-state index contributed by atoms with van der Waals surface area (Å²) in [5.74, 6) is -1.30. The summed E-state index contributed by atoms with van der Waals surface area (Å²) < 4.78 is 46.5. The minimum absolute atomic E-state index is 0.0529. The Labute approximate surface area is 222 Å². The molecule has 10 nitrogen and oxygen atoms in total. The van der Waals surface area contributed by atoms with Crippen LogP contribution in [-0.4, -0.2) is 47.1 Å². The molecule has 2 amide bonds. The zero-order chi connectivity index (χ0) is 27.8. The van der Waals surface area contributed by atoms with E-state index in [2.05, 4.69) is 30.9 Å². The second-order valence-electron chi connectivity index (χ2n) is 8.68. The Bertz CT molecular complexity index is 1300. The number of piperidine rings is 1. The second-order valence-corrected chi connectivity index (χ2v) is 8.68. The van der Waals surface area contributed by atoms with E-state index in [0.29, 0.717) is 25.0 Å². The number of alkyl halides is 3. The summed E-state index contributed by atoms with van der Waals surface area (Å²) in [6.45, 7) is 1.48. The highest BCUT2D eigenvalue weighted by Crippen LogP contribution is 2.36. The van der Waals surface area contributed by atoms with Gasteiger partial charge < -0.3 is 20.3 Å². The van der Waals surface area contributed by atoms with Crippen LogP contribution in [0.5, 0.6) is 0 Å². The van der Waals surface area contributed by atoms with E-state index in [0.717, 1.165) is 24.8 Å². The first-order valence-corrected chi connectivity index (χ1v) is 12.2. The summed E-state index contributed by atoms with van der Waals surface area (Å²) in [7, 11) is 1.24. The molecule has 13 heteroatoms. The molecule has 1 aliphatic rings. The standard InChI is InChI=1S/C26H27F3N6O4/c1-38-34-23(36)19-7-3-4-8-21(19)32-22-20(26(27,28)29)15-30-24(33-22)31-18-11-9-17(10-12-18)16-39-25(37)35-13-5-2-6-14-35/h3-4,7-12,15H,2,5-6,13-14,16H2,1H3,(H,34,36)(H2,30,31,32,33). The van der Waals surface area contributed by atoms with Gasteiger partial charge in [0.2, 0.25) is 5.95 Å². The molecular weight excluding hydrogens is 517 g/mol. The van der Waals surface area contributed by atoms with Gasteiger partial charge in [0.1, 0.15) is 18.0 Å². The molecular formula is C26H27F3N6O4. The van der Waals surface area contributed by atoms with Crippen LogP contribution in [-0.2, 0) is 22.4 Å². The quantitative estimate of drug-likeness (QED) is 0.323. The molecule has 1 aromatic heterocycles. The van der Waals surface area contributed by atoms with E-state index in [1.807, 2.05) is 0 Å². The van der Waals surface area contributed by atoms with Crippen molar-refractivity contribution in [1.82, 2.24) is 20.3 Å². The van der Waals surface area contributed by atoms with Crippen molar-refractivity contribution in [3.63, 3.8) is 0 Å². The number of rotatable bonds is 8. The van der Waals surface area contributed by atoms with Gasteiger partial charge in [-0.3, -0.25) is 9.63 Å². The van der Waals surface area contributed by atoms with E-state index >= 15 is 0 Å². The molecule has 2 aromatic carbocycles. The molecule has 1 aliphatic heterocycles. The molecule has 206 valence electrons. The van der Waals surface area contributed by atoms with Gasteiger partial charge in [-0.25, -0.2) is 15.3 Å². The first-order chi connectivity index (χ1) is 18.7. The summed E-state index contributed by atoms with van der Waals surface area (Å²) in [6.07, 6.45) is -1.40. The van der Waals surface area contributed by atoms with Gasteiger partial charge in [0.25, 0.3) is 5.91 Å². The normalized spacial score (nSPS) is 13.5. The Morgan fingerprint density at radius 3 is 2.41 bits per heavy atom. The highest BCUT2D eigenvalue weighted by atomic mass is 19.4. The average molecular weight is 545 g/mol. The van der Waals surface area contributed by atoms with E-state index in [4.69, 9.17) is 4.74 Å². The third-order valence-corrected chi connectivity index (χ3v) is 5.90. The van der Waals surface area contributed by atoms with E-state index in [1.165, 1.54) is 19.2 Å². The smallest absolute Gasteiger partial charge is 0.421 e. The Hall–Kier alpha value is -4.39. The molecule has 3 aromatic rings. The van der Waals surface area contributed by atoms with E-state index in [9.17, 15) is 22.8 Å². The summed E-state index contributed by atoms with van der Waals surface area (Å²) in [6, 6.07) is 12.8. The topological polar surface area (TPSA) is 118 Å². The predicted octanol–water partition coefficient (Wildman–Crippen LogP) is 5.40. The van der Waals surface area contributed by atoms with Crippen molar-refractivity contribution in [3.05, 3.63) is 71.4 Å². The number of nitrogens with one attached hydrogen (secondary N) is 3. The Balaban J connectivity index is 1.47. The van der Waals surface area contributed by atoms with Crippen molar-refractivity contribution in [1.29, 1.82) is 0 Å². The van der Waals surface area contributed by atoms with Gasteiger partial charge >= 0.3 is 12.3 Å². The van der Waals surface area contributed by atoms with Gasteiger partial charge in [-0.2, -0.15) is 18.2 Å². The summed E-state index contributed by atoms with van der Waals surface area (Å²) >= 11 is 0. The van der Waals surface area contributed by atoms with Crippen LogP contribution >= 0.6 is 0 Å². The summed E-state index contributed by atoms with van der Waals surface area (Å²) in [4.78, 5) is 38.6. The minimum Gasteiger partial charge on any atom is -0.445 e. The lowest BCUT2D eigenvalue weighted by Gasteiger charge is -2.25. The number of hydroxylamine groups is 1. The van der Waals surface area contributed by atoms with Crippen molar-refractivity contribution in [2.75, 3.05) is 30.8 Å². The molecule has 0 saturated carbocycles. The number of halogens is 3. The van der Waals surface area contributed by atoms with E-state index < -0.39 is 23.5 Å². The average Bonchev–Trinajstić information content (AvgIpc) is 2.93. The number of hydrogen-bond donors (Lipinski definition) is 3. The SMILES string of the molecule is CONC(=O)c1ccccc1Nc1nc(Nc2ccc(COC(=O)N3CCCCC3)cc2)ncc1C(F)(F)F. The molecule has 0 radical (unpaired) electrons. The van der Waals surface area contributed by atoms with Gasteiger partial charge in [0.15, 0.2) is 0 Å². The zero-order valence-electron chi connectivity index (χ0n) is 21.0. The molecule has 0 spiro atoms. The maximum absolute atomic E-state index is 13.7. The number of carbonyl (C=O) groups excluding carboxylic acids is 2. The lowest BCUT2D eigenvalue weighted by atomic mass is 10.1. The van der Waals surface area contributed by atoms with Crippen LogP contribution in [0.1, 0.15) is 40.7 Å². The third kappa shape index (κ3) is 7.35. The van der Waals surface area contributed by atoms with Crippen molar-refractivity contribution >= 4 is 35.1 Å². The van der Waals surface area contributed by atoms with Crippen LogP contribution in [0, 0.1) is 0 Å². The molecule has 0 unspecified atom stereocenters. The molecule has 39 heavy (non-hydrogen) atoms. The number of ether oxygens (including phenoxy) is 1. The Morgan fingerprint density at radius 1 is 1.00 bits per heavy atom. The number of benzene rings is 2. The van der Waals surface area contributed by atoms with Gasteiger partial charge in [0.05, 0.1) is 18.4 Å². The third-order valence-electron chi connectivity index (χ3n) is 5.90. The van der Waals surface area contributed by atoms with Gasteiger partial charge in [-0.05, 0) is 49.1 Å². The van der Waals surface area contributed by atoms with Gasteiger partial charge in [-0.1, -0.05) is 24.3 Å². The number of amides is 2. The number of carbonyl (C=O) groups is 2. The lowest BCUT2D eigenvalue weighted by molar-refractivity contribution is -0.137. The number of likely N-dealkylation sites (tertiary alicyclic amines) is 1. The van der Waals surface area contributed by atoms with Gasteiger partial charge in [-0.15, -0.1) is 0 Å². The van der Waals surface area contributed by atoms with E-state index in [-0.39, 0.29) is 29.9 Å². The molecule has 0 aliphatic carbocycles. The maximum Gasteiger partial charge on any atom is 0.421 e. The number of aromatic nitrogens is 2. The monoisotopic (exact) mass is 544 g/mol. The van der Waals surface area contributed by atoms with E-state index in [1.54, 1.807) is 41.3 Å². The maximum atomic E-state index is 13.7. The van der Waals surface area contributed by atoms with Crippen molar-refractivity contribution in [2.45, 2.75) is 32.0 Å². The first kappa shape index (κ1) is 27.6. The zero-order valence-corrected chi connectivity index (χ0v) is 21.0. The fourth-order valence-corrected chi connectivity index (χ4v) is 3.94. The highest BCUT2D eigenvalue weighted by molar-refractivity contribution is 5.99. The van der Waals surface area contributed by atoms with Crippen LogP contribution in [0.3, 0.4) is 0 Å². The van der Waals surface area contributed by atoms with Gasteiger partial charge in [0, 0.05) is 25.0 Å². The summed E-state index contributed by atoms with van der Waals surface area (Å²) in [5.41, 5.74) is 2.42. The molecule has 1 fully saturated rings. The second kappa shape index (κ2) is 12.4. The molecule has 1 saturated heterocycles. The van der Waals surface area contributed by atoms with Crippen LogP contribution in [0.4, 0.5) is 41.1 Å². The molecule has 2 heterocycles. The minimum atomic E-state index is -4.75. The van der Waals surface area contributed by atoms with Crippen LogP contribution in [0.25, 0.3) is 0 Å². The molecule has 4 rings (SSSR count). The van der Waals surface area contributed by atoms with Crippen molar-refractivity contribution < 1.29 is 32.3 Å². The molecule has 0 bridgehead atoms. The van der Waals surface area contributed by atoms with Crippen LogP contribution in [0.2, 0.25) is 0 Å². The summed E-state index contributed by atoms with van der Waals surface area (Å²) in [5, 5.41) is 5.46. The molecule has 3 N–H and O–H groups in total. The molecule has 0 atom stereocenters. The van der Waals surface area contributed by atoms with Crippen LogP contribution in [0.15, 0.2) is 54.7 Å². The Morgan fingerprint density at radius 2 is 1.72 bits per heavy atom. The van der Waals surface area contributed by atoms with Crippen molar-refractivity contribution in [2.24, 2.45) is 0 Å². The predicted molar refractivity (Wildman–Crippen MR) is 137 cm³/mol. The Kier molecular flexibility index (Phi) is 8.81. The number of nitrogens with zero attached hydrogens (tertiary/aromatic N) is 3. The lowest BCUT2D eigenvalue weighted by Crippen LogP contribution is -2.35. The first-order valence-electron chi connectivity index (χ1n) is 12.2. The van der Waals surface area contributed by atoms with Crippen molar-refractivity contribution in [3.8, 4) is 0 Å². The van der Waals surface area contributed by atoms with Crippen LogP contribution < -0.4 is 16.1 Å².